The number of aromatic nitrogens is 3. The number of hydrogen-bond acceptors (Lipinski definition) is 4. The zero-order valence-corrected chi connectivity index (χ0v) is 15.8. The molecule has 0 unspecified atom stereocenters. The molecule has 2 aromatic heterocycles. The fourth-order valence-electron chi connectivity index (χ4n) is 2.99. The molecule has 1 amide bonds. The Morgan fingerprint density at radius 3 is 2.70 bits per heavy atom. The molecule has 3 aromatic rings. The van der Waals surface area contributed by atoms with Crippen molar-refractivity contribution in [1.29, 1.82) is 0 Å². The predicted molar refractivity (Wildman–Crippen MR) is 101 cm³/mol. The largest absolute Gasteiger partial charge is 0.494 e. The van der Waals surface area contributed by atoms with Gasteiger partial charge >= 0.3 is 0 Å². The van der Waals surface area contributed by atoms with Gasteiger partial charge < -0.3 is 10.1 Å². The number of carbonyl (C=O) groups excluding carboxylic acids is 1. The zero-order valence-electron chi connectivity index (χ0n) is 15.8. The summed E-state index contributed by atoms with van der Waals surface area (Å²) in [4.78, 5) is 17.1. The third-order valence-electron chi connectivity index (χ3n) is 4.28. The smallest absolute Gasteiger partial charge is 0.252 e. The first-order valence-corrected chi connectivity index (χ1v) is 8.93. The zero-order chi connectivity index (χ0) is 19.4. The number of rotatable bonds is 7. The number of pyridine rings is 1. The highest BCUT2D eigenvalue weighted by molar-refractivity contribution is 6.06. The van der Waals surface area contributed by atoms with Gasteiger partial charge in [-0.3, -0.25) is 9.48 Å². The molecule has 1 N–H and O–H groups in total. The Balaban J connectivity index is 1.51. The Morgan fingerprint density at radius 1 is 1.22 bits per heavy atom. The molecule has 2 heterocycles. The van der Waals surface area contributed by atoms with Gasteiger partial charge in [-0.2, -0.15) is 5.10 Å². The summed E-state index contributed by atoms with van der Waals surface area (Å²) in [6.07, 6.45) is 1.57. The molecular weight excluding hydrogens is 347 g/mol. The van der Waals surface area contributed by atoms with Gasteiger partial charge in [-0.1, -0.05) is 0 Å². The molecular formula is C20H23FN4O2. The molecule has 0 saturated heterocycles. The van der Waals surface area contributed by atoms with Crippen molar-refractivity contribution < 1.29 is 13.9 Å². The van der Waals surface area contributed by atoms with Crippen molar-refractivity contribution in [3.63, 3.8) is 0 Å². The predicted octanol–water partition coefficient (Wildman–Crippen LogP) is 3.31. The standard InChI is InChI=1S/C20H23FN4O2/c1-13-12-17(18-14(2)24-25(3)19(18)23-13)20(26)22-10-4-5-11-27-16-8-6-15(21)7-9-16/h6-9,12H,4-5,10-11H2,1-3H3,(H,22,26). The summed E-state index contributed by atoms with van der Waals surface area (Å²) in [7, 11) is 1.82. The van der Waals surface area contributed by atoms with Gasteiger partial charge in [0.1, 0.15) is 11.6 Å². The maximum Gasteiger partial charge on any atom is 0.252 e. The van der Waals surface area contributed by atoms with Gasteiger partial charge in [0.05, 0.1) is 23.3 Å². The summed E-state index contributed by atoms with van der Waals surface area (Å²) in [5, 5.41) is 8.11. The molecule has 0 radical (unpaired) electrons. The third-order valence-corrected chi connectivity index (χ3v) is 4.28. The van der Waals surface area contributed by atoms with E-state index in [-0.39, 0.29) is 11.7 Å². The van der Waals surface area contributed by atoms with Crippen LogP contribution in [0.2, 0.25) is 0 Å². The molecule has 7 heteroatoms. The van der Waals surface area contributed by atoms with Gasteiger partial charge in [0.15, 0.2) is 5.65 Å². The normalized spacial score (nSPS) is 11.0. The molecule has 3 rings (SSSR count). The minimum Gasteiger partial charge on any atom is -0.494 e. The lowest BCUT2D eigenvalue weighted by atomic mass is 10.1. The maximum atomic E-state index is 12.8. The number of benzene rings is 1. The summed E-state index contributed by atoms with van der Waals surface area (Å²) < 4.78 is 20.1. The monoisotopic (exact) mass is 370 g/mol. The number of amides is 1. The van der Waals surface area contributed by atoms with Crippen molar-refractivity contribution in [3.8, 4) is 5.75 Å². The Morgan fingerprint density at radius 2 is 1.96 bits per heavy atom. The van der Waals surface area contributed by atoms with Crippen molar-refractivity contribution in [2.75, 3.05) is 13.2 Å². The minimum atomic E-state index is -0.283. The Hall–Kier alpha value is -2.96. The first-order chi connectivity index (χ1) is 13.0. The van der Waals surface area contributed by atoms with Crippen LogP contribution in [0.5, 0.6) is 5.75 Å². The van der Waals surface area contributed by atoms with Crippen LogP contribution in [-0.4, -0.2) is 33.8 Å². The summed E-state index contributed by atoms with van der Waals surface area (Å²) in [5.74, 6) is 0.234. The summed E-state index contributed by atoms with van der Waals surface area (Å²) in [6, 6.07) is 7.74. The van der Waals surface area contributed by atoms with E-state index in [1.165, 1.54) is 12.1 Å². The molecule has 0 bridgehead atoms. The van der Waals surface area contributed by atoms with Crippen molar-refractivity contribution in [2.24, 2.45) is 7.05 Å². The van der Waals surface area contributed by atoms with Crippen LogP contribution in [0.15, 0.2) is 30.3 Å². The quantitative estimate of drug-likeness (QED) is 0.648. The van der Waals surface area contributed by atoms with Crippen molar-refractivity contribution in [3.05, 3.63) is 53.1 Å². The summed E-state index contributed by atoms with van der Waals surface area (Å²) >= 11 is 0. The number of unbranched alkanes of at least 4 members (excludes halogenated alkanes) is 1. The number of nitrogens with zero attached hydrogens (tertiary/aromatic N) is 3. The topological polar surface area (TPSA) is 69.0 Å². The highest BCUT2D eigenvalue weighted by atomic mass is 19.1. The van der Waals surface area contributed by atoms with Crippen molar-refractivity contribution in [2.45, 2.75) is 26.7 Å². The molecule has 1 aromatic carbocycles. The highest BCUT2D eigenvalue weighted by Crippen LogP contribution is 2.21. The molecule has 0 fully saturated rings. The second-order valence-electron chi connectivity index (χ2n) is 6.48. The fourth-order valence-corrected chi connectivity index (χ4v) is 2.99. The van der Waals surface area contributed by atoms with E-state index in [9.17, 15) is 9.18 Å². The number of hydrogen-bond donors (Lipinski definition) is 1. The first kappa shape index (κ1) is 18.8. The Labute approximate surface area is 157 Å². The molecule has 142 valence electrons. The average Bonchev–Trinajstić information content (AvgIpc) is 2.92. The van der Waals surface area contributed by atoms with E-state index in [2.05, 4.69) is 15.4 Å². The lowest BCUT2D eigenvalue weighted by Gasteiger charge is -2.09. The van der Waals surface area contributed by atoms with Gasteiger partial charge in [-0.25, -0.2) is 9.37 Å². The lowest BCUT2D eigenvalue weighted by Crippen LogP contribution is -2.25. The maximum absolute atomic E-state index is 12.8. The molecule has 0 aliphatic carbocycles. The Bertz CT molecular complexity index is 951. The van der Waals surface area contributed by atoms with E-state index >= 15 is 0 Å². The summed E-state index contributed by atoms with van der Waals surface area (Å²) in [5.41, 5.74) is 2.89. The average molecular weight is 370 g/mol. The number of nitrogens with one attached hydrogen (secondary N) is 1. The summed E-state index contributed by atoms with van der Waals surface area (Å²) in [6.45, 7) is 4.81. The SMILES string of the molecule is Cc1cc(C(=O)NCCCCOc2ccc(F)cc2)c2c(C)nn(C)c2n1. The molecule has 6 nitrogen and oxygen atoms in total. The van der Waals surface area contributed by atoms with Crippen LogP contribution in [-0.2, 0) is 7.05 Å². The van der Waals surface area contributed by atoms with Gasteiger partial charge in [0.2, 0.25) is 0 Å². The van der Waals surface area contributed by atoms with Gasteiger partial charge in [0.25, 0.3) is 5.91 Å². The fraction of sp³-hybridized carbons (Fsp3) is 0.350. The number of halogens is 1. The van der Waals surface area contributed by atoms with E-state index < -0.39 is 0 Å². The van der Waals surface area contributed by atoms with Crippen LogP contribution in [0.25, 0.3) is 11.0 Å². The minimum absolute atomic E-state index is 0.124. The molecule has 0 atom stereocenters. The van der Waals surface area contributed by atoms with Gasteiger partial charge in [0, 0.05) is 19.3 Å². The van der Waals surface area contributed by atoms with E-state index in [1.807, 2.05) is 20.9 Å². The van der Waals surface area contributed by atoms with Crippen LogP contribution < -0.4 is 10.1 Å². The third kappa shape index (κ3) is 4.42. The van der Waals surface area contributed by atoms with E-state index in [0.717, 1.165) is 29.6 Å². The van der Waals surface area contributed by atoms with Crippen LogP contribution in [0.4, 0.5) is 4.39 Å². The molecule has 0 saturated carbocycles. The molecule has 0 spiro atoms. The Kier molecular flexibility index (Phi) is 5.69. The molecule has 0 aliphatic heterocycles. The lowest BCUT2D eigenvalue weighted by molar-refractivity contribution is 0.0953. The second-order valence-corrected chi connectivity index (χ2v) is 6.48. The number of ether oxygens (including phenoxy) is 1. The van der Waals surface area contributed by atoms with Crippen LogP contribution in [0.1, 0.15) is 34.6 Å². The van der Waals surface area contributed by atoms with Crippen LogP contribution in [0, 0.1) is 19.7 Å². The second kappa shape index (κ2) is 8.16. The molecule has 0 aliphatic rings. The highest BCUT2D eigenvalue weighted by Gasteiger charge is 2.17. The van der Waals surface area contributed by atoms with E-state index in [1.54, 1.807) is 22.9 Å². The number of carbonyl (C=O) groups is 1. The van der Waals surface area contributed by atoms with Gasteiger partial charge in [-0.15, -0.1) is 0 Å². The van der Waals surface area contributed by atoms with Gasteiger partial charge in [-0.05, 0) is 57.0 Å². The van der Waals surface area contributed by atoms with E-state index in [4.69, 9.17) is 4.74 Å². The van der Waals surface area contributed by atoms with Crippen LogP contribution >= 0.6 is 0 Å². The van der Waals surface area contributed by atoms with Crippen molar-refractivity contribution >= 4 is 16.9 Å². The van der Waals surface area contributed by atoms with E-state index in [0.29, 0.717) is 30.1 Å². The number of fused-ring (bicyclic) bond motifs is 1. The molecule has 27 heavy (non-hydrogen) atoms. The number of aryl methyl sites for hydroxylation is 3. The van der Waals surface area contributed by atoms with Crippen LogP contribution in [0.3, 0.4) is 0 Å². The first-order valence-electron chi connectivity index (χ1n) is 8.93. The van der Waals surface area contributed by atoms with Crippen molar-refractivity contribution in [1.82, 2.24) is 20.1 Å².